The lowest BCUT2D eigenvalue weighted by Crippen LogP contribution is -2.67. The SMILES string of the molecule is CC1(C)CC[C@]2(C)CC[C@]3(C)C(=C[C@H](O)[C@@H]4[C@@]5(C)CC[C@@H](O)C(C)(C)[C@@H]5CC[C@]43C)[C@@H]2C1. The summed E-state index contributed by atoms with van der Waals surface area (Å²) in [6, 6.07) is 0. The van der Waals surface area contributed by atoms with Gasteiger partial charge in [0.2, 0.25) is 0 Å². The van der Waals surface area contributed by atoms with Crippen LogP contribution in [0.3, 0.4) is 0 Å². The normalized spacial score (nSPS) is 56.2. The summed E-state index contributed by atoms with van der Waals surface area (Å²) in [5.41, 5.74) is 2.76. The van der Waals surface area contributed by atoms with Crippen molar-refractivity contribution >= 4 is 0 Å². The van der Waals surface area contributed by atoms with E-state index in [-0.39, 0.29) is 39.8 Å². The molecule has 4 saturated carbocycles. The number of hydrogen-bond donors (Lipinski definition) is 2. The molecule has 5 aliphatic rings. The van der Waals surface area contributed by atoms with Crippen LogP contribution in [0.5, 0.6) is 0 Å². The molecule has 2 N–H and O–H groups in total. The maximum Gasteiger partial charge on any atom is 0.0762 e. The zero-order valence-electron chi connectivity index (χ0n) is 22.2. The van der Waals surface area contributed by atoms with Gasteiger partial charge < -0.3 is 10.2 Å². The Morgan fingerprint density at radius 3 is 2.12 bits per heavy atom. The number of hydrogen-bond acceptors (Lipinski definition) is 2. The van der Waals surface area contributed by atoms with Crippen LogP contribution in [0.1, 0.15) is 113 Å². The summed E-state index contributed by atoms with van der Waals surface area (Å²) in [5, 5.41) is 22.8. The summed E-state index contributed by atoms with van der Waals surface area (Å²) in [5.74, 6) is 1.38. The van der Waals surface area contributed by atoms with E-state index < -0.39 is 0 Å². The van der Waals surface area contributed by atoms with Gasteiger partial charge in [0.1, 0.15) is 0 Å². The molecule has 0 heterocycles. The van der Waals surface area contributed by atoms with E-state index in [0.29, 0.717) is 22.7 Å². The molecule has 0 aliphatic heterocycles. The molecule has 0 saturated heterocycles. The number of aliphatic hydroxyl groups excluding tert-OH is 2. The average Bonchev–Trinajstić information content (AvgIpc) is 2.68. The van der Waals surface area contributed by atoms with Gasteiger partial charge in [-0.2, -0.15) is 0 Å². The van der Waals surface area contributed by atoms with Crippen LogP contribution in [0.25, 0.3) is 0 Å². The van der Waals surface area contributed by atoms with Gasteiger partial charge in [-0.1, -0.05) is 67.0 Å². The third-order valence-corrected chi connectivity index (χ3v) is 13.0. The number of aliphatic hydroxyl groups is 2. The van der Waals surface area contributed by atoms with Crippen LogP contribution in [-0.4, -0.2) is 22.4 Å². The van der Waals surface area contributed by atoms with E-state index >= 15 is 0 Å². The Labute approximate surface area is 197 Å². The van der Waals surface area contributed by atoms with Gasteiger partial charge >= 0.3 is 0 Å². The van der Waals surface area contributed by atoms with Crippen molar-refractivity contribution in [1.29, 1.82) is 0 Å². The zero-order valence-corrected chi connectivity index (χ0v) is 22.2. The Hall–Kier alpha value is -0.340. The summed E-state index contributed by atoms with van der Waals surface area (Å²) in [6.45, 7) is 19.7. The van der Waals surface area contributed by atoms with Gasteiger partial charge in [-0.25, -0.2) is 0 Å². The van der Waals surface area contributed by atoms with Gasteiger partial charge in [-0.05, 0) is 102 Å². The minimum absolute atomic E-state index is 0.0719. The van der Waals surface area contributed by atoms with Crippen molar-refractivity contribution in [1.82, 2.24) is 0 Å². The quantitative estimate of drug-likeness (QED) is 0.391. The highest BCUT2D eigenvalue weighted by Crippen LogP contribution is 2.75. The van der Waals surface area contributed by atoms with Crippen LogP contribution in [0, 0.1) is 50.2 Å². The van der Waals surface area contributed by atoms with Crippen molar-refractivity contribution in [3.05, 3.63) is 11.6 Å². The molecule has 0 radical (unpaired) electrons. The monoisotopic (exact) mass is 442 g/mol. The maximum atomic E-state index is 11.9. The molecule has 182 valence electrons. The lowest BCUT2D eigenvalue weighted by Gasteiger charge is -2.72. The molecule has 2 nitrogen and oxygen atoms in total. The molecular formula is C30H50O2. The van der Waals surface area contributed by atoms with Gasteiger partial charge in [-0.3, -0.25) is 0 Å². The Bertz CT molecular complexity index is 825. The van der Waals surface area contributed by atoms with Gasteiger partial charge in [0, 0.05) is 5.92 Å². The van der Waals surface area contributed by atoms with Crippen molar-refractivity contribution in [2.24, 2.45) is 50.2 Å². The van der Waals surface area contributed by atoms with Gasteiger partial charge in [0.05, 0.1) is 12.2 Å². The molecule has 32 heavy (non-hydrogen) atoms. The fraction of sp³-hybridized carbons (Fsp3) is 0.933. The maximum absolute atomic E-state index is 11.9. The molecule has 0 aromatic carbocycles. The minimum Gasteiger partial charge on any atom is -0.393 e. The number of fused-ring (bicyclic) bond motifs is 7. The smallest absolute Gasteiger partial charge is 0.0762 e. The highest BCUT2D eigenvalue weighted by molar-refractivity contribution is 5.35. The summed E-state index contributed by atoms with van der Waals surface area (Å²) in [4.78, 5) is 0. The Kier molecular flexibility index (Phi) is 4.87. The van der Waals surface area contributed by atoms with Crippen LogP contribution < -0.4 is 0 Å². The molecule has 9 atom stereocenters. The first-order chi connectivity index (χ1) is 14.6. The average molecular weight is 443 g/mol. The second-order valence-corrected chi connectivity index (χ2v) is 15.4. The Balaban J connectivity index is 1.62. The largest absolute Gasteiger partial charge is 0.393 e. The third-order valence-electron chi connectivity index (χ3n) is 13.0. The second kappa shape index (κ2) is 6.66. The lowest BCUT2D eigenvalue weighted by molar-refractivity contribution is -0.224. The second-order valence-electron chi connectivity index (χ2n) is 15.4. The molecule has 0 aromatic rings. The van der Waals surface area contributed by atoms with E-state index in [1.54, 1.807) is 5.57 Å². The number of allylic oxidation sites excluding steroid dienone is 1. The molecule has 0 amide bonds. The van der Waals surface area contributed by atoms with E-state index in [4.69, 9.17) is 0 Å². The fourth-order valence-electron chi connectivity index (χ4n) is 10.6. The topological polar surface area (TPSA) is 40.5 Å². The molecule has 0 bridgehead atoms. The van der Waals surface area contributed by atoms with Gasteiger partial charge in [0.15, 0.2) is 0 Å². The predicted octanol–water partition coefficient (Wildman–Crippen LogP) is 7.14. The number of rotatable bonds is 0. The van der Waals surface area contributed by atoms with Crippen molar-refractivity contribution in [3.8, 4) is 0 Å². The van der Waals surface area contributed by atoms with Gasteiger partial charge in [0.25, 0.3) is 0 Å². The Morgan fingerprint density at radius 2 is 1.44 bits per heavy atom. The Morgan fingerprint density at radius 1 is 0.781 bits per heavy atom. The van der Waals surface area contributed by atoms with Crippen molar-refractivity contribution in [2.45, 2.75) is 125 Å². The summed E-state index contributed by atoms with van der Waals surface area (Å²) < 4.78 is 0. The molecule has 5 aliphatic carbocycles. The molecule has 2 heteroatoms. The standard InChI is InChI=1S/C30H50O2/c1-25(2)13-14-27(5)15-16-29(7)19(20(27)18-25)17-21(31)24-28(6)11-10-23(32)26(3,4)22(28)9-12-30(24,29)8/h17,20-24,31-32H,9-16,18H2,1-8H3/t20-,21-,22-,23+,24+,27+,28-,29+,30+/m0/s1. The van der Waals surface area contributed by atoms with Crippen molar-refractivity contribution in [3.63, 3.8) is 0 Å². The summed E-state index contributed by atoms with van der Waals surface area (Å²) in [6.07, 6.45) is 12.7. The van der Waals surface area contributed by atoms with Crippen LogP contribution in [0.2, 0.25) is 0 Å². The first-order valence-electron chi connectivity index (χ1n) is 13.7. The molecule has 0 spiro atoms. The van der Waals surface area contributed by atoms with Crippen LogP contribution in [0.4, 0.5) is 0 Å². The molecule has 4 fully saturated rings. The molecule has 0 aromatic heterocycles. The first kappa shape index (κ1) is 23.4. The predicted molar refractivity (Wildman–Crippen MR) is 132 cm³/mol. The van der Waals surface area contributed by atoms with Crippen molar-refractivity contribution < 1.29 is 10.2 Å². The highest BCUT2D eigenvalue weighted by atomic mass is 16.3. The summed E-state index contributed by atoms with van der Waals surface area (Å²) in [7, 11) is 0. The molecule has 0 unspecified atom stereocenters. The lowest BCUT2D eigenvalue weighted by atomic mass is 9.33. The summed E-state index contributed by atoms with van der Waals surface area (Å²) >= 11 is 0. The minimum atomic E-state index is -0.352. The van der Waals surface area contributed by atoms with E-state index in [1.165, 1.54) is 44.9 Å². The van der Waals surface area contributed by atoms with Crippen LogP contribution in [0.15, 0.2) is 11.6 Å². The molecule has 5 rings (SSSR count). The van der Waals surface area contributed by atoms with E-state index in [2.05, 4.69) is 61.5 Å². The first-order valence-corrected chi connectivity index (χ1v) is 13.7. The third kappa shape index (κ3) is 2.78. The molecular weight excluding hydrogens is 392 g/mol. The van der Waals surface area contributed by atoms with Crippen LogP contribution >= 0.6 is 0 Å². The van der Waals surface area contributed by atoms with E-state index in [1.807, 2.05) is 0 Å². The highest BCUT2D eigenvalue weighted by Gasteiger charge is 2.69. The zero-order chi connectivity index (χ0) is 23.5. The fourth-order valence-corrected chi connectivity index (χ4v) is 10.6. The van der Waals surface area contributed by atoms with Gasteiger partial charge in [-0.15, -0.1) is 0 Å². The van der Waals surface area contributed by atoms with Crippen molar-refractivity contribution in [2.75, 3.05) is 0 Å². The van der Waals surface area contributed by atoms with E-state index in [0.717, 1.165) is 12.8 Å². The van der Waals surface area contributed by atoms with E-state index in [9.17, 15) is 10.2 Å². The van der Waals surface area contributed by atoms with Crippen LogP contribution in [-0.2, 0) is 0 Å².